The molecule has 1 fully saturated rings. The molecule has 0 bridgehead atoms. The van der Waals surface area contributed by atoms with Crippen LogP contribution in [0.4, 0.5) is 0 Å². The molecule has 2 aromatic heterocycles. The highest BCUT2D eigenvalue weighted by molar-refractivity contribution is 7.99. The zero-order valence-electron chi connectivity index (χ0n) is 12.0. The van der Waals surface area contributed by atoms with Crippen molar-refractivity contribution in [2.75, 3.05) is 18.9 Å². The molecular formula is C14H17N5O2S. The fourth-order valence-corrected chi connectivity index (χ4v) is 2.77. The van der Waals surface area contributed by atoms with Crippen molar-refractivity contribution in [2.24, 2.45) is 0 Å². The van der Waals surface area contributed by atoms with Gasteiger partial charge in [0.05, 0.1) is 11.9 Å². The Morgan fingerprint density at radius 1 is 1.50 bits per heavy atom. The Morgan fingerprint density at radius 3 is 3.23 bits per heavy atom. The van der Waals surface area contributed by atoms with E-state index in [4.69, 9.17) is 4.74 Å². The number of amides is 1. The quantitative estimate of drug-likeness (QED) is 0.779. The van der Waals surface area contributed by atoms with Gasteiger partial charge < -0.3 is 10.1 Å². The van der Waals surface area contributed by atoms with E-state index in [0.717, 1.165) is 25.1 Å². The number of thioether (sulfide) groups is 1. The van der Waals surface area contributed by atoms with Crippen LogP contribution in [0.3, 0.4) is 0 Å². The predicted octanol–water partition coefficient (Wildman–Crippen LogP) is 1.25. The molecule has 22 heavy (non-hydrogen) atoms. The number of pyridine rings is 1. The molecule has 3 heterocycles. The van der Waals surface area contributed by atoms with Crippen LogP contribution in [0.2, 0.25) is 0 Å². The van der Waals surface area contributed by atoms with E-state index in [1.165, 1.54) is 11.8 Å². The fourth-order valence-electron chi connectivity index (χ4n) is 2.14. The summed E-state index contributed by atoms with van der Waals surface area (Å²) < 4.78 is 5.46. The van der Waals surface area contributed by atoms with Crippen molar-refractivity contribution in [3.05, 3.63) is 24.4 Å². The number of aromatic amines is 1. The molecule has 1 aliphatic heterocycles. The third-order valence-corrected chi connectivity index (χ3v) is 4.10. The lowest BCUT2D eigenvalue weighted by Gasteiger charge is -2.09. The summed E-state index contributed by atoms with van der Waals surface area (Å²) in [6.45, 7) is 1.37. The van der Waals surface area contributed by atoms with E-state index in [-0.39, 0.29) is 17.8 Å². The largest absolute Gasteiger partial charge is 0.376 e. The van der Waals surface area contributed by atoms with Crippen LogP contribution in [0.25, 0.3) is 11.5 Å². The molecule has 1 unspecified atom stereocenters. The zero-order chi connectivity index (χ0) is 15.2. The Balaban J connectivity index is 1.45. The van der Waals surface area contributed by atoms with Crippen molar-refractivity contribution in [2.45, 2.75) is 24.1 Å². The maximum Gasteiger partial charge on any atom is 0.230 e. The number of aromatic nitrogens is 4. The van der Waals surface area contributed by atoms with Gasteiger partial charge in [0.2, 0.25) is 11.1 Å². The summed E-state index contributed by atoms with van der Waals surface area (Å²) in [4.78, 5) is 20.3. The smallest absolute Gasteiger partial charge is 0.230 e. The normalized spacial score (nSPS) is 17.5. The Bertz CT molecular complexity index is 613. The Labute approximate surface area is 132 Å². The van der Waals surface area contributed by atoms with Crippen LogP contribution in [-0.2, 0) is 9.53 Å². The van der Waals surface area contributed by atoms with Crippen molar-refractivity contribution in [3.8, 4) is 11.5 Å². The Morgan fingerprint density at radius 2 is 2.45 bits per heavy atom. The van der Waals surface area contributed by atoms with Gasteiger partial charge in [-0.2, -0.15) is 4.98 Å². The van der Waals surface area contributed by atoms with E-state index in [2.05, 4.69) is 25.5 Å². The lowest BCUT2D eigenvalue weighted by atomic mass is 10.2. The second kappa shape index (κ2) is 7.37. The van der Waals surface area contributed by atoms with Gasteiger partial charge in [0.15, 0.2) is 5.82 Å². The van der Waals surface area contributed by atoms with Gasteiger partial charge in [0.25, 0.3) is 0 Å². The summed E-state index contributed by atoms with van der Waals surface area (Å²) in [6, 6.07) is 5.58. The maximum absolute atomic E-state index is 11.8. The summed E-state index contributed by atoms with van der Waals surface area (Å²) >= 11 is 1.29. The molecule has 2 N–H and O–H groups in total. The van der Waals surface area contributed by atoms with Crippen LogP contribution in [0.5, 0.6) is 0 Å². The van der Waals surface area contributed by atoms with Gasteiger partial charge in [-0.05, 0) is 25.0 Å². The van der Waals surface area contributed by atoms with Crippen LogP contribution in [0.1, 0.15) is 12.8 Å². The van der Waals surface area contributed by atoms with Gasteiger partial charge in [-0.15, -0.1) is 5.10 Å². The topological polar surface area (TPSA) is 92.8 Å². The molecule has 1 amide bonds. The number of hydrogen-bond acceptors (Lipinski definition) is 6. The minimum Gasteiger partial charge on any atom is -0.376 e. The highest BCUT2D eigenvalue weighted by Crippen LogP contribution is 2.17. The van der Waals surface area contributed by atoms with Gasteiger partial charge in [0.1, 0.15) is 5.69 Å². The monoisotopic (exact) mass is 319 g/mol. The summed E-state index contributed by atoms with van der Waals surface area (Å²) in [5, 5.41) is 10.3. The first kappa shape index (κ1) is 15.0. The fraction of sp³-hybridized carbons (Fsp3) is 0.429. The maximum atomic E-state index is 11.8. The molecule has 1 saturated heterocycles. The van der Waals surface area contributed by atoms with Gasteiger partial charge in [0, 0.05) is 19.3 Å². The second-order valence-electron chi connectivity index (χ2n) is 4.91. The molecule has 116 valence electrons. The molecule has 0 aliphatic carbocycles. The number of rotatable bonds is 6. The highest BCUT2D eigenvalue weighted by Gasteiger charge is 2.16. The van der Waals surface area contributed by atoms with E-state index in [1.54, 1.807) is 6.20 Å². The minimum atomic E-state index is -0.0373. The molecule has 3 rings (SSSR count). The number of ether oxygens (including phenoxy) is 1. The molecule has 0 radical (unpaired) electrons. The van der Waals surface area contributed by atoms with E-state index in [0.29, 0.717) is 17.5 Å². The molecule has 0 spiro atoms. The van der Waals surface area contributed by atoms with E-state index >= 15 is 0 Å². The summed E-state index contributed by atoms with van der Waals surface area (Å²) in [5.41, 5.74) is 0.727. The van der Waals surface area contributed by atoms with E-state index in [1.807, 2.05) is 18.2 Å². The summed E-state index contributed by atoms with van der Waals surface area (Å²) in [7, 11) is 0. The van der Waals surface area contributed by atoms with Gasteiger partial charge in [-0.1, -0.05) is 17.8 Å². The van der Waals surface area contributed by atoms with E-state index in [9.17, 15) is 4.79 Å². The van der Waals surface area contributed by atoms with Gasteiger partial charge in [-0.3, -0.25) is 14.9 Å². The Kier molecular flexibility index (Phi) is 5.02. The average molecular weight is 319 g/mol. The molecule has 0 saturated carbocycles. The first-order valence-electron chi connectivity index (χ1n) is 7.16. The highest BCUT2D eigenvalue weighted by atomic mass is 32.2. The van der Waals surface area contributed by atoms with Crippen molar-refractivity contribution in [1.29, 1.82) is 0 Å². The van der Waals surface area contributed by atoms with Crippen LogP contribution in [0, 0.1) is 0 Å². The molecule has 0 aromatic carbocycles. The predicted molar refractivity (Wildman–Crippen MR) is 82.3 cm³/mol. The molecule has 1 aliphatic rings. The van der Waals surface area contributed by atoms with Crippen LogP contribution < -0.4 is 5.32 Å². The third kappa shape index (κ3) is 4.05. The third-order valence-electron chi connectivity index (χ3n) is 3.26. The SMILES string of the molecule is O=C(CSc1n[nH]c(-c2ccccn2)n1)NCC1CCCO1. The first-order valence-corrected chi connectivity index (χ1v) is 8.15. The van der Waals surface area contributed by atoms with Crippen LogP contribution in [0.15, 0.2) is 29.6 Å². The average Bonchev–Trinajstić information content (AvgIpc) is 3.23. The van der Waals surface area contributed by atoms with Crippen LogP contribution in [-0.4, -0.2) is 51.1 Å². The number of H-pyrrole nitrogens is 1. The number of hydrogen-bond donors (Lipinski definition) is 2. The van der Waals surface area contributed by atoms with Gasteiger partial charge in [-0.25, -0.2) is 0 Å². The number of carbonyl (C=O) groups excluding carboxylic acids is 1. The van der Waals surface area contributed by atoms with Crippen LogP contribution >= 0.6 is 11.8 Å². The molecule has 8 heteroatoms. The van der Waals surface area contributed by atoms with Gasteiger partial charge >= 0.3 is 0 Å². The number of nitrogens with zero attached hydrogens (tertiary/aromatic N) is 3. The molecule has 2 aromatic rings. The van der Waals surface area contributed by atoms with Crippen molar-refractivity contribution in [3.63, 3.8) is 0 Å². The van der Waals surface area contributed by atoms with Crippen molar-refractivity contribution in [1.82, 2.24) is 25.5 Å². The second-order valence-corrected chi connectivity index (χ2v) is 5.85. The Hall–Kier alpha value is -1.93. The van der Waals surface area contributed by atoms with Crippen molar-refractivity contribution >= 4 is 17.7 Å². The van der Waals surface area contributed by atoms with Crippen molar-refractivity contribution < 1.29 is 9.53 Å². The van der Waals surface area contributed by atoms with E-state index < -0.39 is 0 Å². The first-order chi connectivity index (χ1) is 10.8. The lowest BCUT2D eigenvalue weighted by Crippen LogP contribution is -2.32. The standard InChI is InChI=1S/C14H17N5O2S/c20-12(16-8-10-4-3-7-21-10)9-22-14-17-13(18-19-14)11-5-1-2-6-15-11/h1-2,5-6,10H,3-4,7-9H2,(H,16,20)(H,17,18,19). The lowest BCUT2D eigenvalue weighted by molar-refractivity contribution is -0.119. The summed E-state index contributed by atoms with van der Waals surface area (Å²) in [6.07, 6.45) is 3.95. The molecular weight excluding hydrogens is 302 g/mol. The molecule has 1 atom stereocenters. The number of carbonyl (C=O) groups is 1. The number of nitrogens with one attached hydrogen (secondary N) is 2. The summed E-state index contributed by atoms with van der Waals surface area (Å²) in [5.74, 6) is 0.847. The minimum absolute atomic E-state index is 0.0373. The zero-order valence-corrected chi connectivity index (χ0v) is 12.8. The molecule has 7 nitrogen and oxygen atoms in total.